The Morgan fingerprint density at radius 2 is 0.714 bits per heavy atom. The minimum atomic E-state index is 0. The fraction of sp³-hybridized carbons (Fsp3) is 0.118. The second-order valence-corrected chi connectivity index (χ2v) is 19.5. The van der Waals surface area contributed by atoms with Gasteiger partial charge in [-0.1, -0.05) is 60.7 Å². The van der Waals surface area contributed by atoms with Crippen LogP contribution in [-0.2, 0) is 25.7 Å². The molecule has 0 aliphatic carbocycles. The first-order valence-corrected chi connectivity index (χ1v) is 26.9. The van der Waals surface area contributed by atoms with Crippen molar-refractivity contribution in [3.8, 4) is 56.9 Å². The number of aromatic nitrogens is 8. The fourth-order valence-electron chi connectivity index (χ4n) is 10.3. The summed E-state index contributed by atoms with van der Waals surface area (Å²) in [5.41, 5.74) is 14.5. The highest BCUT2D eigenvalue weighted by atomic mass is 79.9. The Balaban J connectivity index is 0.00000212. The lowest BCUT2D eigenvalue weighted by atomic mass is 9.97. The minimum Gasteiger partial charge on any atom is -0.493 e. The van der Waals surface area contributed by atoms with E-state index < -0.39 is 0 Å². The van der Waals surface area contributed by atoms with Crippen LogP contribution in [0, 0.1) is 0 Å². The van der Waals surface area contributed by atoms with Gasteiger partial charge in [-0.05, 0) is 120 Å². The smallest absolute Gasteiger partial charge is 0.125 e. The summed E-state index contributed by atoms with van der Waals surface area (Å²) in [6.45, 7) is 1.73. The van der Waals surface area contributed by atoms with Crippen molar-refractivity contribution in [1.29, 1.82) is 0 Å². The van der Waals surface area contributed by atoms with Gasteiger partial charge in [0, 0.05) is 143 Å². The highest BCUT2D eigenvalue weighted by Crippen LogP contribution is 2.42. The molecule has 2 aliphatic heterocycles. The first kappa shape index (κ1) is 60.3. The first-order valence-electron chi connectivity index (χ1n) is 26.9. The molecule has 84 heavy (non-hydrogen) atoms. The van der Waals surface area contributed by atoms with Gasteiger partial charge >= 0.3 is 0 Å². The van der Waals surface area contributed by atoms with Gasteiger partial charge in [0.05, 0.1) is 60.6 Å². The molecule has 12 nitrogen and oxygen atoms in total. The average Bonchev–Trinajstić information content (AvgIpc) is 3.21. The number of pyridine rings is 4. The van der Waals surface area contributed by atoms with Gasteiger partial charge in [-0.3, -0.25) is 19.9 Å². The number of ether oxygens (including phenoxy) is 4. The maximum atomic E-state index is 6.55. The summed E-state index contributed by atoms with van der Waals surface area (Å²) < 4.78 is 30.6. The average molecular weight is 1370 g/mol. The van der Waals surface area contributed by atoms with E-state index in [1.165, 1.54) is 0 Å². The first-order chi connectivity index (χ1) is 39.6. The summed E-state index contributed by atoms with van der Waals surface area (Å²) in [5.74, 6) is 2.70. The lowest BCUT2D eigenvalue weighted by Crippen LogP contribution is -2.06. The van der Waals surface area contributed by atoms with Crippen LogP contribution in [-0.4, -0.2) is 65.5 Å². The summed E-state index contributed by atoms with van der Waals surface area (Å²) >= 11 is 0. The quantitative estimate of drug-likeness (QED) is 0.0820. The third-order valence-electron chi connectivity index (χ3n) is 14.1. The maximum absolute atomic E-state index is 6.55. The zero-order chi connectivity index (χ0) is 53.5. The summed E-state index contributed by atoms with van der Waals surface area (Å²) in [6.07, 6.45) is 13.9. The minimum absolute atomic E-state index is 0. The van der Waals surface area contributed by atoms with Crippen molar-refractivity contribution < 1.29 is 18.9 Å². The van der Waals surface area contributed by atoms with Gasteiger partial charge < -0.3 is 28.1 Å². The lowest BCUT2D eigenvalue weighted by Gasteiger charge is -2.15. The van der Waals surface area contributed by atoms with E-state index in [1.807, 2.05) is 110 Å². The third-order valence-corrected chi connectivity index (χ3v) is 14.1. The number of fused-ring (bicyclic) bond motifs is 13. The van der Waals surface area contributed by atoms with E-state index in [2.05, 4.69) is 150 Å². The van der Waals surface area contributed by atoms with E-state index in [1.54, 1.807) is 0 Å². The van der Waals surface area contributed by atoms with Crippen LogP contribution in [0.2, 0.25) is 0 Å². The second-order valence-electron chi connectivity index (χ2n) is 19.5. The SMILES string of the molecule is Br.Br.Br.Br.C1=Cc2cc3ccc(cc4nc(cc5ccc(cc1n2)n5-c1cc(OCCc2ccccn2)cc(OCCc2ccccn2)c1)-c1ccc2ccccc2c1-4)n3-c1cc(OCCc2ccccn2)cc(OCCc2ccccn2)c1. The molecule has 9 heterocycles. The van der Waals surface area contributed by atoms with E-state index in [-0.39, 0.29) is 67.9 Å². The van der Waals surface area contributed by atoms with Crippen molar-refractivity contribution in [1.82, 2.24) is 39.0 Å². The van der Waals surface area contributed by atoms with Crippen LogP contribution < -0.4 is 18.9 Å². The monoisotopic (exact) mass is 1370 g/mol. The zero-order valence-electron chi connectivity index (χ0n) is 45.4. The Kier molecular flexibility index (Phi) is 20.3. The van der Waals surface area contributed by atoms with Crippen LogP contribution in [0.1, 0.15) is 34.2 Å². The molecule has 16 heteroatoms. The largest absolute Gasteiger partial charge is 0.493 e. The lowest BCUT2D eigenvalue weighted by molar-refractivity contribution is 0.304. The van der Waals surface area contributed by atoms with Crippen LogP contribution in [0.5, 0.6) is 23.0 Å². The number of hydrogen-bond donors (Lipinski definition) is 0. The molecule has 7 aromatic heterocycles. The van der Waals surface area contributed by atoms with E-state index in [0.717, 1.165) is 101 Å². The van der Waals surface area contributed by atoms with Gasteiger partial charge in [-0.25, -0.2) is 9.97 Å². The topological polar surface area (TPSA) is 124 Å². The number of hydrogen-bond acceptors (Lipinski definition) is 10. The van der Waals surface area contributed by atoms with Crippen molar-refractivity contribution in [3.05, 3.63) is 253 Å². The molecule has 0 saturated carbocycles. The van der Waals surface area contributed by atoms with Gasteiger partial charge in [-0.2, -0.15) is 0 Å². The molecular weight excluding hydrogens is 1310 g/mol. The van der Waals surface area contributed by atoms with E-state index in [0.29, 0.717) is 75.1 Å². The van der Waals surface area contributed by atoms with Crippen molar-refractivity contribution in [2.75, 3.05) is 26.4 Å². The summed E-state index contributed by atoms with van der Waals surface area (Å²) in [4.78, 5) is 28.9. The Morgan fingerprint density at radius 1 is 0.333 bits per heavy atom. The van der Waals surface area contributed by atoms with Crippen molar-refractivity contribution in [2.45, 2.75) is 25.7 Å². The second kappa shape index (κ2) is 28.3. The molecular formula is C68H58Br4N8O4. The number of benzene rings is 4. The van der Waals surface area contributed by atoms with Crippen molar-refractivity contribution in [3.63, 3.8) is 0 Å². The molecule has 0 atom stereocenters. The van der Waals surface area contributed by atoms with Gasteiger partial charge in [0.15, 0.2) is 0 Å². The van der Waals surface area contributed by atoms with Crippen LogP contribution >= 0.6 is 67.9 Å². The molecule has 0 saturated heterocycles. The van der Waals surface area contributed by atoms with E-state index >= 15 is 0 Å². The molecule has 4 aromatic carbocycles. The number of nitrogens with zero attached hydrogens (tertiary/aromatic N) is 8. The standard InChI is InChI=1S/C68H54N8O4.4BrH/c1-2-16-64-47(11-1)17-24-65-66-43-56-22-20-54(75(56)58-39-60(77-33-25-48-12-3-7-29-69-48)45-61(40-58)78-34-26-49-13-4-8-30-70-49)37-52-18-19-53(73-52)38-55-21-23-57(44-67(74-66)68(64)65)76(55)59-41-62(79-35-27-50-14-5-9-31-71-50)46-63(42-59)80-36-28-51-15-6-10-32-72-51;;;;/h1-24,29-32,37-46H,25-28,33-36H2;4*1H. The van der Waals surface area contributed by atoms with Crippen LogP contribution in [0.25, 0.3) is 78.9 Å². The highest BCUT2D eigenvalue weighted by Gasteiger charge is 2.21. The highest BCUT2D eigenvalue weighted by molar-refractivity contribution is 8.93. The molecule has 2 aliphatic rings. The Labute approximate surface area is 529 Å². The van der Waals surface area contributed by atoms with Crippen molar-refractivity contribution in [2.24, 2.45) is 0 Å². The normalized spacial score (nSPS) is 11.0. The molecule has 11 aromatic rings. The Hall–Kier alpha value is -8.28. The molecule has 0 unspecified atom stereocenters. The van der Waals surface area contributed by atoms with Crippen LogP contribution in [0.4, 0.5) is 0 Å². The molecule has 0 fully saturated rings. The fourth-order valence-corrected chi connectivity index (χ4v) is 10.3. The Bertz CT molecular complexity index is 4100. The molecule has 0 radical (unpaired) electrons. The third kappa shape index (κ3) is 14.0. The predicted octanol–water partition coefficient (Wildman–Crippen LogP) is 16.3. The van der Waals surface area contributed by atoms with Gasteiger partial charge in [0.25, 0.3) is 0 Å². The summed E-state index contributed by atoms with van der Waals surface area (Å²) in [5, 5.41) is 2.24. The van der Waals surface area contributed by atoms with Gasteiger partial charge in [0.1, 0.15) is 23.0 Å². The maximum Gasteiger partial charge on any atom is 0.125 e. The van der Waals surface area contributed by atoms with E-state index in [9.17, 15) is 0 Å². The van der Waals surface area contributed by atoms with Gasteiger partial charge in [0.2, 0.25) is 0 Å². The van der Waals surface area contributed by atoms with Crippen LogP contribution in [0.3, 0.4) is 0 Å². The zero-order valence-corrected chi connectivity index (χ0v) is 52.3. The predicted molar refractivity (Wildman–Crippen MR) is 357 cm³/mol. The molecule has 13 rings (SSSR count). The summed E-state index contributed by atoms with van der Waals surface area (Å²) in [6, 6.07) is 66.0. The molecule has 422 valence electrons. The Morgan fingerprint density at radius 3 is 1.12 bits per heavy atom. The van der Waals surface area contributed by atoms with E-state index in [4.69, 9.17) is 28.9 Å². The molecule has 8 bridgehead atoms. The molecule has 0 N–H and O–H groups in total. The van der Waals surface area contributed by atoms with Crippen LogP contribution in [0.15, 0.2) is 219 Å². The molecule has 0 spiro atoms. The molecule has 0 amide bonds. The number of rotatable bonds is 18. The number of halogens is 4. The van der Waals surface area contributed by atoms with Crippen molar-refractivity contribution >= 4 is 113 Å². The van der Waals surface area contributed by atoms with Gasteiger partial charge in [-0.15, -0.1) is 67.9 Å². The summed E-state index contributed by atoms with van der Waals surface area (Å²) in [7, 11) is 0.